The number of ketones is 1. The van der Waals surface area contributed by atoms with E-state index in [1.54, 1.807) is 24.0 Å². The van der Waals surface area contributed by atoms with Crippen molar-refractivity contribution in [3.8, 4) is 0 Å². The van der Waals surface area contributed by atoms with E-state index in [-0.39, 0.29) is 83.1 Å². The van der Waals surface area contributed by atoms with Gasteiger partial charge in [0, 0.05) is 18.8 Å². The molecule has 1 aliphatic rings. The van der Waals surface area contributed by atoms with Crippen LogP contribution in [0.5, 0.6) is 0 Å². The van der Waals surface area contributed by atoms with Crippen LogP contribution in [0.3, 0.4) is 0 Å². The lowest BCUT2D eigenvalue weighted by molar-refractivity contribution is -0.151. The molecule has 3 amide bonds. The number of benzene rings is 2. The second kappa shape index (κ2) is 23.9. The predicted octanol–water partition coefficient (Wildman–Crippen LogP) is -1.51. The monoisotopic (exact) mass is 781 g/mol. The fourth-order valence-electron chi connectivity index (χ4n) is 5.56. The van der Waals surface area contributed by atoms with Crippen LogP contribution in [0.1, 0.15) is 36.9 Å². The number of aliphatic hydroxyl groups excluding tert-OH is 6. The first-order valence-corrected chi connectivity index (χ1v) is 17.9. The number of halogens is 1. The van der Waals surface area contributed by atoms with Crippen LogP contribution in [-0.4, -0.2) is 151 Å². The topological polar surface area (TPSA) is 254 Å². The van der Waals surface area contributed by atoms with Crippen molar-refractivity contribution in [2.24, 2.45) is 5.92 Å². The lowest BCUT2D eigenvalue weighted by Crippen LogP contribution is -2.55. The van der Waals surface area contributed by atoms with Crippen molar-refractivity contribution in [1.82, 2.24) is 10.6 Å². The maximum Gasteiger partial charge on any atom is 0.246 e. The molecule has 55 heavy (non-hydrogen) atoms. The van der Waals surface area contributed by atoms with Crippen molar-refractivity contribution >= 4 is 29.2 Å². The summed E-state index contributed by atoms with van der Waals surface area (Å²) in [4.78, 5) is 50.7. The fraction of sp³-hybridized carbons (Fsp3) is 0.568. The number of carbonyl (C=O) groups is 4. The molecule has 0 aromatic heterocycles. The molecule has 0 bridgehead atoms. The number of hydrogen-bond donors (Lipinski definition) is 8. The Hall–Kier alpha value is -3.95. The van der Waals surface area contributed by atoms with Crippen molar-refractivity contribution in [2.75, 3.05) is 70.9 Å². The second-order valence-corrected chi connectivity index (χ2v) is 12.9. The number of β-lactam (4-membered cyclic amide) rings is 1. The minimum Gasteiger partial charge on any atom is -0.394 e. The molecule has 17 nitrogen and oxygen atoms in total. The molecule has 1 aliphatic heterocycles. The summed E-state index contributed by atoms with van der Waals surface area (Å²) in [6, 6.07) is 12.9. The van der Waals surface area contributed by atoms with Gasteiger partial charge >= 0.3 is 0 Å². The Kier molecular flexibility index (Phi) is 19.7. The molecule has 18 heteroatoms. The van der Waals surface area contributed by atoms with Gasteiger partial charge < -0.3 is 65.1 Å². The predicted molar refractivity (Wildman–Crippen MR) is 192 cm³/mol. The van der Waals surface area contributed by atoms with Gasteiger partial charge in [0.1, 0.15) is 50.1 Å². The van der Waals surface area contributed by atoms with Gasteiger partial charge in [-0.2, -0.15) is 0 Å². The molecule has 7 unspecified atom stereocenters. The smallest absolute Gasteiger partial charge is 0.246 e. The standard InChI is InChI=1S/C37H52FN3O14/c1-23(43)2-11-28-33(41(37(28)51)27-9-7-26(38)8-10-27)25-5-3-24(4-6-25)18-40-32(47)22-55-17-16-54-21-31(46)39-12-13-52-14-15-53-20-30(45)35(49)36(50)34(48)29(44)19-42/h3-10,23,28-29,33-36,42-44,48-50H,2,11-22H2,1H3,(H,39,46)(H,40,47). The number of aliphatic hydroxyl groups is 6. The molecule has 1 heterocycles. The summed E-state index contributed by atoms with van der Waals surface area (Å²) >= 11 is 0. The SMILES string of the molecule is CC(O)CCC1C(=O)N(c2ccc(F)cc2)C1c1ccc(CNC(=O)COCCOCC(=O)NCCOCCOCC(=O)C(O)C(O)C(O)C(O)CO)cc1. The van der Waals surface area contributed by atoms with Gasteiger partial charge in [-0.15, -0.1) is 0 Å². The van der Waals surface area contributed by atoms with Crippen molar-refractivity contribution < 1.29 is 73.2 Å². The summed E-state index contributed by atoms with van der Waals surface area (Å²) in [6.07, 6.45) is -7.24. The van der Waals surface area contributed by atoms with Crippen LogP contribution in [-0.2, 0) is 44.7 Å². The van der Waals surface area contributed by atoms with Crippen LogP contribution < -0.4 is 15.5 Å². The Morgan fingerprint density at radius 1 is 0.782 bits per heavy atom. The molecule has 0 radical (unpaired) electrons. The minimum atomic E-state index is -2.03. The number of anilines is 1. The Balaban J connectivity index is 1.22. The molecular formula is C37H52FN3O14. The Morgan fingerprint density at radius 3 is 1.96 bits per heavy atom. The zero-order valence-electron chi connectivity index (χ0n) is 30.6. The first kappa shape index (κ1) is 45.4. The van der Waals surface area contributed by atoms with Gasteiger partial charge in [-0.05, 0) is 55.2 Å². The highest BCUT2D eigenvalue weighted by molar-refractivity contribution is 6.03. The van der Waals surface area contributed by atoms with Gasteiger partial charge in [-0.25, -0.2) is 4.39 Å². The first-order valence-electron chi connectivity index (χ1n) is 17.9. The number of amides is 3. The third-order valence-electron chi connectivity index (χ3n) is 8.63. The summed E-state index contributed by atoms with van der Waals surface area (Å²) in [7, 11) is 0. The summed E-state index contributed by atoms with van der Waals surface area (Å²) < 4.78 is 34.4. The van der Waals surface area contributed by atoms with E-state index in [2.05, 4.69) is 10.6 Å². The molecule has 0 aliphatic carbocycles. The highest BCUT2D eigenvalue weighted by Gasteiger charge is 2.48. The van der Waals surface area contributed by atoms with E-state index < -0.39 is 61.2 Å². The summed E-state index contributed by atoms with van der Waals surface area (Å²) in [6.45, 7) is 0.430. The number of nitrogens with zero attached hydrogens (tertiary/aromatic N) is 1. The Morgan fingerprint density at radius 2 is 1.36 bits per heavy atom. The summed E-state index contributed by atoms with van der Waals surface area (Å²) in [5.74, 6) is -2.50. The van der Waals surface area contributed by atoms with E-state index in [1.807, 2.05) is 24.3 Å². The zero-order chi connectivity index (χ0) is 40.3. The summed E-state index contributed by atoms with van der Waals surface area (Å²) in [5, 5.41) is 62.2. The van der Waals surface area contributed by atoms with E-state index >= 15 is 0 Å². The van der Waals surface area contributed by atoms with Gasteiger partial charge in [0.05, 0.1) is 57.7 Å². The second-order valence-electron chi connectivity index (χ2n) is 12.9. The lowest BCUT2D eigenvalue weighted by atomic mass is 9.78. The average Bonchev–Trinajstić information content (AvgIpc) is 3.17. The summed E-state index contributed by atoms with van der Waals surface area (Å²) in [5.41, 5.74) is 2.30. The highest BCUT2D eigenvalue weighted by atomic mass is 19.1. The molecule has 1 saturated heterocycles. The van der Waals surface area contributed by atoms with Gasteiger partial charge in [-0.1, -0.05) is 24.3 Å². The molecule has 2 aromatic carbocycles. The third kappa shape index (κ3) is 14.9. The number of carbonyl (C=O) groups excluding carboxylic acids is 4. The Bertz CT molecular complexity index is 1480. The van der Waals surface area contributed by atoms with Crippen LogP contribution >= 0.6 is 0 Å². The van der Waals surface area contributed by atoms with Crippen LogP contribution in [0.2, 0.25) is 0 Å². The van der Waals surface area contributed by atoms with Crippen molar-refractivity contribution in [3.63, 3.8) is 0 Å². The average molecular weight is 782 g/mol. The molecule has 306 valence electrons. The van der Waals surface area contributed by atoms with Gasteiger partial charge in [-0.3, -0.25) is 19.2 Å². The number of nitrogens with one attached hydrogen (secondary N) is 2. The van der Waals surface area contributed by atoms with Crippen molar-refractivity contribution in [2.45, 2.75) is 62.9 Å². The number of hydrogen-bond acceptors (Lipinski definition) is 14. The van der Waals surface area contributed by atoms with E-state index in [0.29, 0.717) is 18.5 Å². The van der Waals surface area contributed by atoms with E-state index in [9.17, 15) is 49.1 Å². The fourth-order valence-corrected chi connectivity index (χ4v) is 5.56. The molecule has 8 N–H and O–H groups in total. The zero-order valence-corrected chi connectivity index (χ0v) is 30.6. The van der Waals surface area contributed by atoms with E-state index in [4.69, 9.17) is 24.1 Å². The van der Waals surface area contributed by atoms with Crippen LogP contribution in [0.15, 0.2) is 48.5 Å². The van der Waals surface area contributed by atoms with Crippen LogP contribution in [0.25, 0.3) is 0 Å². The highest BCUT2D eigenvalue weighted by Crippen LogP contribution is 2.45. The molecule has 1 fully saturated rings. The van der Waals surface area contributed by atoms with Crippen LogP contribution in [0.4, 0.5) is 10.1 Å². The minimum absolute atomic E-state index is 0.0454. The molecule has 7 atom stereocenters. The number of Topliss-reactive ketones (excluding diaryl/α,β-unsaturated/α-hetero) is 1. The molecule has 0 spiro atoms. The first-order chi connectivity index (χ1) is 26.3. The quantitative estimate of drug-likeness (QED) is 0.0379. The molecular weight excluding hydrogens is 729 g/mol. The van der Waals surface area contributed by atoms with Crippen LogP contribution in [0, 0.1) is 11.7 Å². The lowest BCUT2D eigenvalue weighted by Gasteiger charge is -2.48. The number of ether oxygens (including phenoxy) is 4. The molecule has 3 rings (SSSR count). The van der Waals surface area contributed by atoms with Crippen molar-refractivity contribution in [3.05, 3.63) is 65.5 Å². The maximum absolute atomic E-state index is 13.5. The van der Waals surface area contributed by atoms with Gasteiger partial charge in [0.2, 0.25) is 17.7 Å². The molecule has 0 saturated carbocycles. The molecule has 2 aromatic rings. The van der Waals surface area contributed by atoms with Crippen molar-refractivity contribution in [1.29, 1.82) is 0 Å². The normalized spacial score (nSPS) is 18.2. The largest absolute Gasteiger partial charge is 0.394 e. The van der Waals surface area contributed by atoms with E-state index in [1.165, 1.54) is 12.1 Å². The Labute approximate surface area is 317 Å². The number of rotatable bonds is 27. The maximum atomic E-state index is 13.5. The van der Waals surface area contributed by atoms with Gasteiger partial charge in [0.15, 0.2) is 5.78 Å². The third-order valence-corrected chi connectivity index (χ3v) is 8.63. The van der Waals surface area contributed by atoms with E-state index in [0.717, 1.165) is 11.1 Å². The van der Waals surface area contributed by atoms with Gasteiger partial charge in [0.25, 0.3) is 0 Å².